The van der Waals surface area contributed by atoms with Gasteiger partial charge in [-0.15, -0.1) is 0 Å². The Bertz CT molecular complexity index is 723. The Kier molecular flexibility index (Phi) is 6.37. The highest BCUT2D eigenvalue weighted by Gasteiger charge is 2.62. The van der Waals surface area contributed by atoms with E-state index in [-0.39, 0.29) is 18.1 Å². The third-order valence-corrected chi connectivity index (χ3v) is 10.9. The van der Waals surface area contributed by atoms with Crippen LogP contribution >= 0.6 is 0 Å². The largest absolute Gasteiger partial charge is 0.397 e. The van der Waals surface area contributed by atoms with Gasteiger partial charge >= 0.3 is 10.4 Å². The van der Waals surface area contributed by atoms with Crippen LogP contribution in [0.1, 0.15) is 91.4 Å². The van der Waals surface area contributed by atoms with E-state index >= 15 is 0 Å². The average molecular weight is 443 g/mol. The maximum Gasteiger partial charge on any atom is 0.397 e. The van der Waals surface area contributed by atoms with Gasteiger partial charge in [-0.05, 0) is 104 Å². The fraction of sp³-hybridized carbons (Fsp3) is 1.00. The summed E-state index contributed by atoms with van der Waals surface area (Å²) in [6, 6.07) is 0. The van der Waals surface area contributed by atoms with Crippen molar-refractivity contribution in [2.24, 2.45) is 46.3 Å². The Morgan fingerprint density at radius 2 is 1.77 bits per heavy atom. The monoisotopic (exact) mass is 442 g/mol. The first kappa shape index (κ1) is 23.0. The SMILES string of the molecule is C[C@H](CCCOS(=O)(=O)O)[C@H]1CCC2C3C(CC[C@@]21C)[C@@]1(C)CCCC[C@H]1C[C@H]3O. The molecule has 0 radical (unpaired) electrons. The lowest BCUT2D eigenvalue weighted by Gasteiger charge is -2.62. The van der Waals surface area contributed by atoms with E-state index in [9.17, 15) is 13.5 Å². The van der Waals surface area contributed by atoms with Gasteiger partial charge in [-0.3, -0.25) is 4.55 Å². The van der Waals surface area contributed by atoms with Gasteiger partial charge in [-0.1, -0.05) is 33.6 Å². The lowest BCUT2D eigenvalue weighted by atomic mass is 9.44. The van der Waals surface area contributed by atoms with E-state index in [0.717, 1.165) is 12.8 Å². The van der Waals surface area contributed by atoms with Crippen molar-refractivity contribution in [2.75, 3.05) is 6.61 Å². The molecule has 2 N–H and O–H groups in total. The van der Waals surface area contributed by atoms with Crippen LogP contribution in [0, 0.1) is 46.3 Å². The summed E-state index contributed by atoms with van der Waals surface area (Å²) < 4.78 is 34.8. The van der Waals surface area contributed by atoms with E-state index in [2.05, 4.69) is 25.0 Å². The predicted molar refractivity (Wildman–Crippen MR) is 117 cm³/mol. The summed E-state index contributed by atoms with van der Waals surface area (Å²) in [5, 5.41) is 11.3. The first-order valence-corrected chi connectivity index (χ1v) is 13.7. The van der Waals surface area contributed by atoms with Gasteiger partial charge in [0.2, 0.25) is 0 Å². The zero-order chi connectivity index (χ0) is 21.7. The fourth-order valence-corrected chi connectivity index (χ4v) is 9.33. The summed E-state index contributed by atoms with van der Waals surface area (Å²) in [7, 11) is -4.34. The lowest BCUT2D eigenvalue weighted by Crippen LogP contribution is -2.57. The predicted octanol–water partition coefficient (Wildman–Crippen LogP) is 5.24. The van der Waals surface area contributed by atoms with Gasteiger partial charge in [0.15, 0.2) is 0 Å². The van der Waals surface area contributed by atoms with E-state index in [4.69, 9.17) is 4.55 Å². The average Bonchev–Trinajstić information content (AvgIpc) is 3.02. The van der Waals surface area contributed by atoms with Gasteiger partial charge in [-0.25, -0.2) is 4.18 Å². The standard InChI is InChI=1S/C24H42O5S/c1-16(7-6-14-29-30(26,27)28)18-9-10-19-22-20(11-13-24(18,19)3)23(2)12-5-4-8-17(23)15-21(22)25/h16-22,25H,4-15H2,1-3H3,(H,26,27,28)/t16-,17+,18-,19?,20?,21-,22?,23+,24-/m1/s1. The smallest absolute Gasteiger partial charge is 0.393 e. The van der Waals surface area contributed by atoms with Gasteiger partial charge in [0.25, 0.3) is 0 Å². The molecule has 0 saturated heterocycles. The molecule has 4 aliphatic carbocycles. The summed E-state index contributed by atoms with van der Waals surface area (Å²) in [5.74, 6) is 3.60. The summed E-state index contributed by atoms with van der Waals surface area (Å²) in [6.07, 6.45) is 12.8. The molecule has 0 spiro atoms. The Morgan fingerprint density at radius 3 is 2.50 bits per heavy atom. The highest BCUT2D eigenvalue weighted by Crippen LogP contribution is 2.68. The summed E-state index contributed by atoms with van der Waals surface area (Å²) in [5.41, 5.74) is 0.712. The van der Waals surface area contributed by atoms with Crippen LogP contribution in [0.3, 0.4) is 0 Å². The Labute approximate surface area is 183 Å². The highest BCUT2D eigenvalue weighted by atomic mass is 32.3. The number of aliphatic hydroxyl groups is 1. The molecule has 4 saturated carbocycles. The molecule has 6 heteroatoms. The molecule has 0 aromatic heterocycles. The van der Waals surface area contributed by atoms with Crippen LogP contribution in [0.25, 0.3) is 0 Å². The number of hydrogen-bond donors (Lipinski definition) is 2. The zero-order valence-electron chi connectivity index (χ0n) is 19.1. The fourth-order valence-electron chi connectivity index (χ4n) is 9.00. The first-order valence-electron chi connectivity index (χ1n) is 12.4. The normalized spacial score (nSPS) is 47.2. The molecule has 0 bridgehead atoms. The molecule has 4 fully saturated rings. The van der Waals surface area contributed by atoms with Gasteiger partial charge in [0.1, 0.15) is 0 Å². The summed E-state index contributed by atoms with van der Waals surface area (Å²) in [4.78, 5) is 0. The van der Waals surface area contributed by atoms with Crippen LogP contribution in [0.2, 0.25) is 0 Å². The molecule has 0 amide bonds. The quantitative estimate of drug-likeness (QED) is 0.434. The molecule has 5 nitrogen and oxygen atoms in total. The minimum absolute atomic E-state index is 0.0548. The van der Waals surface area contributed by atoms with Crippen molar-refractivity contribution in [1.29, 1.82) is 0 Å². The van der Waals surface area contributed by atoms with E-state index in [0.29, 0.717) is 47.3 Å². The van der Waals surface area contributed by atoms with Crippen LogP contribution in [0.5, 0.6) is 0 Å². The molecule has 9 atom stereocenters. The third kappa shape index (κ3) is 3.99. The van der Waals surface area contributed by atoms with E-state index in [1.54, 1.807) is 0 Å². The molecule has 0 aliphatic heterocycles. The first-order chi connectivity index (χ1) is 14.1. The van der Waals surface area contributed by atoms with E-state index < -0.39 is 10.4 Å². The zero-order valence-corrected chi connectivity index (χ0v) is 19.9. The molecule has 0 aromatic carbocycles. The minimum atomic E-state index is -4.34. The summed E-state index contributed by atoms with van der Waals surface area (Å²) in [6.45, 7) is 7.39. The van der Waals surface area contributed by atoms with Crippen LogP contribution in [-0.2, 0) is 14.6 Å². The van der Waals surface area contributed by atoms with Crippen molar-refractivity contribution in [1.82, 2.24) is 0 Å². The molecule has 3 unspecified atom stereocenters. The van der Waals surface area contributed by atoms with Crippen LogP contribution < -0.4 is 0 Å². The molecular weight excluding hydrogens is 400 g/mol. The molecule has 174 valence electrons. The van der Waals surface area contributed by atoms with Gasteiger partial charge in [0, 0.05) is 0 Å². The highest BCUT2D eigenvalue weighted by molar-refractivity contribution is 7.80. The Morgan fingerprint density at radius 1 is 1.03 bits per heavy atom. The topological polar surface area (TPSA) is 83.8 Å². The Balaban J connectivity index is 1.45. The maximum absolute atomic E-state index is 11.3. The molecular formula is C24H42O5S. The number of hydrogen-bond acceptors (Lipinski definition) is 4. The maximum atomic E-state index is 11.3. The van der Waals surface area contributed by atoms with Crippen molar-refractivity contribution < 1.29 is 22.3 Å². The van der Waals surface area contributed by atoms with Crippen LogP contribution in [0.15, 0.2) is 0 Å². The third-order valence-electron chi connectivity index (χ3n) is 10.4. The van der Waals surface area contributed by atoms with Gasteiger partial charge in [-0.2, -0.15) is 8.42 Å². The number of rotatable bonds is 6. The molecule has 4 aliphatic rings. The van der Waals surface area contributed by atoms with E-state index in [1.165, 1.54) is 51.4 Å². The second-order valence-electron chi connectivity index (χ2n) is 11.6. The van der Waals surface area contributed by atoms with Crippen LogP contribution in [-0.4, -0.2) is 30.8 Å². The second-order valence-corrected chi connectivity index (χ2v) is 12.7. The van der Waals surface area contributed by atoms with Crippen LogP contribution in [0.4, 0.5) is 0 Å². The van der Waals surface area contributed by atoms with Gasteiger partial charge < -0.3 is 5.11 Å². The van der Waals surface area contributed by atoms with Crippen molar-refractivity contribution in [3.8, 4) is 0 Å². The van der Waals surface area contributed by atoms with Crippen molar-refractivity contribution in [3.63, 3.8) is 0 Å². The number of aliphatic hydroxyl groups excluding tert-OH is 1. The minimum Gasteiger partial charge on any atom is -0.393 e. The second kappa shape index (κ2) is 8.31. The lowest BCUT2D eigenvalue weighted by molar-refractivity contribution is -0.164. The molecule has 0 aromatic rings. The summed E-state index contributed by atoms with van der Waals surface area (Å²) >= 11 is 0. The molecule has 4 rings (SSSR count). The van der Waals surface area contributed by atoms with E-state index in [1.807, 2.05) is 0 Å². The molecule has 30 heavy (non-hydrogen) atoms. The van der Waals surface area contributed by atoms with Gasteiger partial charge in [0.05, 0.1) is 12.7 Å². The van der Waals surface area contributed by atoms with Crippen molar-refractivity contribution in [3.05, 3.63) is 0 Å². The van der Waals surface area contributed by atoms with Crippen molar-refractivity contribution >= 4 is 10.4 Å². The number of fused-ring (bicyclic) bond motifs is 5. The Hall–Kier alpha value is -0.170. The molecule has 0 heterocycles. The van der Waals surface area contributed by atoms with Crippen molar-refractivity contribution in [2.45, 2.75) is 97.5 Å².